The molecule has 2 aromatic carbocycles. The molecule has 0 aliphatic rings. The van der Waals surface area contributed by atoms with E-state index in [0.29, 0.717) is 23.6 Å². The third-order valence-corrected chi connectivity index (χ3v) is 2.68. The minimum atomic E-state index is -0.421. The molecule has 0 aromatic heterocycles. The molecule has 4 nitrogen and oxygen atoms in total. The Morgan fingerprint density at radius 2 is 1.65 bits per heavy atom. The third kappa shape index (κ3) is 3.46. The highest BCUT2D eigenvalue weighted by Crippen LogP contribution is 2.16. The summed E-state index contributed by atoms with van der Waals surface area (Å²) in [4.78, 5) is 11.9. The van der Waals surface area contributed by atoms with E-state index in [2.05, 4.69) is 6.58 Å². The van der Waals surface area contributed by atoms with E-state index in [9.17, 15) is 4.79 Å². The fourth-order valence-electron chi connectivity index (χ4n) is 1.63. The molecule has 2 aromatic rings. The molecule has 2 rings (SSSR count). The highest BCUT2D eigenvalue weighted by molar-refractivity contribution is 5.91. The van der Waals surface area contributed by atoms with Gasteiger partial charge in [0.05, 0.1) is 11.8 Å². The molecule has 0 spiro atoms. The lowest BCUT2D eigenvalue weighted by Gasteiger charge is -2.06. The van der Waals surface area contributed by atoms with Crippen LogP contribution >= 0.6 is 0 Å². The fraction of sp³-hybridized carbons (Fsp3) is 0.0625. The maximum Gasteiger partial charge on any atom is 0.343 e. The zero-order valence-electron chi connectivity index (χ0n) is 10.9. The number of carbonyl (C=O) groups excluding carboxylic acids is 1. The molecule has 0 aliphatic carbocycles. The van der Waals surface area contributed by atoms with E-state index in [1.807, 2.05) is 12.1 Å². The molecule has 0 atom stereocenters. The van der Waals surface area contributed by atoms with Gasteiger partial charge in [-0.3, -0.25) is 0 Å². The average Bonchev–Trinajstić information content (AvgIpc) is 2.49. The normalized spacial score (nSPS) is 9.85. The molecular formula is C16H15NO3. The van der Waals surface area contributed by atoms with E-state index in [1.54, 1.807) is 36.4 Å². The maximum atomic E-state index is 11.9. The predicted octanol–water partition coefficient (Wildman–Crippen LogP) is 2.89. The first kappa shape index (κ1) is 13.8. The Morgan fingerprint density at radius 3 is 2.20 bits per heavy atom. The molecule has 0 saturated heterocycles. The van der Waals surface area contributed by atoms with Crippen LogP contribution in [-0.2, 0) is 6.54 Å². The van der Waals surface area contributed by atoms with Gasteiger partial charge in [0.2, 0.25) is 0 Å². The van der Waals surface area contributed by atoms with Gasteiger partial charge in [0.25, 0.3) is 0 Å². The number of rotatable bonds is 5. The van der Waals surface area contributed by atoms with Crippen LogP contribution in [0.5, 0.6) is 11.5 Å². The molecule has 0 fully saturated rings. The Balaban J connectivity index is 2.04. The Bertz CT molecular complexity index is 588. The topological polar surface area (TPSA) is 61.5 Å². The lowest BCUT2D eigenvalue weighted by atomic mass is 10.2. The van der Waals surface area contributed by atoms with Gasteiger partial charge in [0.1, 0.15) is 11.5 Å². The summed E-state index contributed by atoms with van der Waals surface area (Å²) >= 11 is 0. The van der Waals surface area contributed by atoms with Gasteiger partial charge in [0.15, 0.2) is 0 Å². The van der Waals surface area contributed by atoms with Crippen LogP contribution in [0.3, 0.4) is 0 Å². The minimum Gasteiger partial charge on any atom is -0.466 e. The van der Waals surface area contributed by atoms with E-state index in [4.69, 9.17) is 15.2 Å². The molecule has 0 radical (unpaired) electrons. The number of benzene rings is 2. The minimum absolute atomic E-state index is 0.421. The fourth-order valence-corrected chi connectivity index (χ4v) is 1.63. The van der Waals surface area contributed by atoms with Crippen molar-refractivity contribution in [2.75, 3.05) is 0 Å². The Labute approximate surface area is 117 Å². The van der Waals surface area contributed by atoms with Crippen molar-refractivity contribution in [1.29, 1.82) is 0 Å². The van der Waals surface area contributed by atoms with Gasteiger partial charge in [-0.15, -0.1) is 0 Å². The van der Waals surface area contributed by atoms with Crippen LogP contribution in [0.25, 0.3) is 0 Å². The second-order valence-corrected chi connectivity index (χ2v) is 4.05. The molecule has 4 heteroatoms. The Kier molecular flexibility index (Phi) is 4.52. The lowest BCUT2D eigenvalue weighted by Crippen LogP contribution is -2.08. The van der Waals surface area contributed by atoms with Crippen molar-refractivity contribution in [2.24, 2.45) is 5.73 Å². The van der Waals surface area contributed by atoms with Gasteiger partial charge in [-0.25, -0.2) is 4.79 Å². The van der Waals surface area contributed by atoms with Gasteiger partial charge in [0, 0.05) is 6.54 Å². The van der Waals surface area contributed by atoms with Crippen LogP contribution in [0, 0.1) is 0 Å². The number of hydrogen-bond donors (Lipinski definition) is 1. The molecule has 0 aliphatic heterocycles. The van der Waals surface area contributed by atoms with Crippen molar-refractivity contribution in [1.82, 2.24) is 0 Å². The summed E-state index contributed by atoms with van der Waals surface area (Å²) in [5, 5.41) is 0. The molecule has 0 bridgehead atoms. The smallest absolute Gasteiger partial charge is 0.343 e. The van der Waals surface area contributed by atoms with Crippen molar-refractivity contribution in [3.8, 4) is 11.5 Å². The number of ether oxygens (including phenoxy) is 2. The van der Waals surface area contributed by atoms with Gasteiger partial charge >= 0.3 is 5.97 Å². The van der Waals surface area contributed by atoms with E-state index >= 15 is 0 Å². The summed E-state index contributed by atoms with van der Waals surface area (Å²) < 4.78 is 10.3. The maximum absolute atomic E-state index is 11.9. The molecule has 0 saturated carbocycles. The van der Waals surface area contributed by atoms with Gasteiger partial charge in [-0.1, -0.05) is 18.7 Å². The van der Waals surface area contributed by atoms with Crippen molar-refractivity contribution in [3.63, 3.8) is 0 Å². The Morgan fingerprint density at radius 1 is 1.05 bits per heavy atom. The van der Waals surface area contributed by atoms with Gasteiger partial charge < -0.3 is 15.2 Å². The predicted molar refractivity (Wildman–Crippen MR) is 76.6 cm³/mol. The van der Waals surface area contributed by atoms with Crippen molar-refractivity contribution >= 4 is 5.97 Å². The first-order valence-corrected chi connectivity index (χ1v) is 6.11. The van der Waals surface area contributed by atoms with E-state index < -0.39 is 5.97 Å². The van der Waals surface area contributed by atoms with E-state index in [0.717, 1.165) is 5.56 Å². The van der Waals surface area contributed by atoms with Crippen LogP contribution in [0.15, 0.2) is 61.4 Å². The number of nitrogens with two attached hydrogens (primary N) is 1. The monoisotopic (exact) mass is 269 g/mol. The molecule has 0 unspecified atom stereocenters. The highest BCUT2D eigenvalue weighted by atomic mass is 16.5. The van der Waals surface area contributed by atoms with Crippen LogP contribution < -0.4 is 15.2 Å². The summed E-state index contributed by atoms with van der Waals surface area (Å²) in [6.07, 6.45) is 1.33. The average molecular weight is 269 g/mol. The quantitative estimate of drug-likeness (QED) is 0.515. The van der Waals surface area contributed by atoms with E-state index in [-0.39, 0.29) is 0 Å². The van der Waals surface area contributed by atoms with Gasteiger partial charge in [-0.2, -0.15) is 0 Å². The second-order valence-electron chi connectivity index (χ2n) is 4.05. The molecule has 20 heavy (non-hydrogen) atoms. The zero-order chi connectivity index (χ0) is 14.4. The van der Waals surface area contributed by atoms with Gasteiger partial charge in [-0.05, 0) is 42.0 Å². The van der Waals surface area contributed by atoms with Crippen LogP contribution in [-0.4, -0.2) is 5.97 Å². The second kappa shape index (κ2) is 6.54. The van der Waals surface area contributed by atoms with Crippen molar-refractivity contribution < 1.29 is 14.3 Å². The molecule has 0 heterocycles. The third-order valence-electron chi connectivity index (χ3n) is 2.68. The molecular weight excluding hydrogens is 254 g/mol. The van der Waals surface area contributed by atoms with Crippen LogP contribution in [0.2, 0.25) is 0 Å². The summed E-state index contributed by atoms with van der Waals surface area (Å²) in [5.41, 5.74) is 6.93. The first-order valence-electron chi connectivity index (χ1n) is 6.11. The molecule has 0 amide bonds. The van der Waals surface area contributed by atoms with Crippen molar-refractivity contribution in [2.45, 2.75) is 6.54 Å². The lowest BCUT2D eigenvalue weighted by molar-refractivity contribution is 0.0734. The SMILES string of the molecule is C=COc1ccc(C(=O)Oc2ccc(CN)cc2)cc1. The number of carbonyl (C=O) groups is 1. The van der Waals surface area contributed by atoms with Crippen LogP contribution in [0.4, 0.5) is 0 Å². The van der Waals surface area contributed by atoms with Crippen LogP contribution in [0.1, 0.15) is 15.9 Å². The molecule has 102 valence electrons. The number of esters is 1. The highest BCUT2D eigenvalue weighted by Gasteiger charge is 2.08. The molecule has 2 N–H and O–H groups in total. The summed E-state index contributed by atoms with van der Waals surface area (Å²) in [7, 11) is 0. The van der Waals surface area contributed by atoms with Crippen molar-refractivity contribution in [3.05, 3.63) is 72.5 Å². The zero-order valence-corrected chi connectivity index (χ0v) is 10.9. The first-order chi connectivity index (χ1) is 9.72. The largest absolute Gasteiger partial charge is 0.466 e. The standard InChI is InChI=1S/C16H15NO3/c1-2-19-14-9-5-13(6-10-14)16(18)20-15-7-3-12(11-17)4-8-15/h2-10H,1,11,17H2. The summed E-state index contributed by atoms with van der Waals surface area (Å²) in [5.74, 6) is 0.679. The Hall–Kier alpha value is -2.59. The number of hydrogen-bond acceptors (Lipinski definition) is 4. The van der Waals surface area contributed by atoms with E-state index in [1.165, 1.54) is 6.26 Å². The summed E-state index contributed by atoms with van der Waals surface area (Å²) in [6.45, 7) is 3.92. The summed E-state index contributed by atoms with van der Waals surface area (Å²) in [6, 6.07) is 13.7.